The maximum absolute atomic E-state index is 12.3. The summed E-state index contributed by atoms with van der Waals surface area (Å²) in [5.41, 5.74) is 0. The molecule has 106 valence electrons. The largest absolute Gasteiger partial charge is 0.378 e. The van der Waals surface area contributed by atoms with Gasteiger partial charge in [0, 0.05) is 31.6 Å². The summed E-state index contributed by atoms with van der Waals surface area (Å²) in [6, 6.07) is 0.691. The van der Waals surface area contributed by atoms with Gasteiger partial charge in [0.25, 0.3) is 0 Å². The van der Waals surface area contributed by atoms with Gasteiger partial charge in [0.15, 0.2) is 0 Å². The first-order valence-electron chi connectivity index (χ1n) is 6.92. The molecule has 2 rings (SSSR count). The van der Waals surface area contributed by atoms with Gasteiger partial charge in [-0.1, -0.05) is 6.92 Å². The fourth-order valence-corrected chi connectivity index (χ4v) is 2.83. The lowest BCUT2D eigenvalue weighted by molar-refractivity contribution is -0.136. The van der Waals surface area contributed by atoms with Crippen molar-refractivity contribution in [1.82, 2.24) is 10.2 Å². The molecule has 0 aromatic heterocycles. The summed E-state index contributed by atoms with van der Waals surface area (Å²) in [6.07, 6.45) is 5.29. The van der Waals surface area contributed by atoms with Crippen LogP contribution in [0.2, 0.25) is 0 Å². The average molecular weight is 277 g/mol. The highest BCUT2D eigenvalue weighted by molar-refractivity contribution is 5.85. The second-order valence-electron chi connectivity index (χ2n) is 5.08. The zero-order chi connectivity index (χ0) is 12.1. The van der Waals surface area contributed by atoms with E-state index in [2.05, 4.69) is 17.1 Å². The summed E-state index contributed by atoms with van der Waals surface area (Å²) in [7, 11) is 0. The number of halogens is 1. The van der Waals surface area contributed by atoms with E-state index in [1.54, 1.807) is 0 Å². The molecule has 0 bridgehead atoms. The third-order valence-electron chi connectivity index (χ3n) is 3.84. The minimum atomic E-state index is 0. The number of hydrogen-bond donors (Lipinski definition) is 1. The Morgan fingerprint density at radius 1 is 1.44 bits per heavy atom. The highest BCUT2D eigenvalue weighted by Crippen LogP contribution is 2.20. The highest BCUT2D eigenvalue weighted by Gasteiger charge is 2.27. The molecule has 5 heteroatoms. The molecule has 0 radical (unpaired) electrons. The monoisotopic (exact) mass is 276 g/mol. The van der Waals surface area contributed by atoms with Gasteiger partial charge in [0.2, 0.25) is 5.91 Å². The molecular formula is C13H25ClN2O2. The maximum Gasteiger partial charge on any atom is 0.224 e. The number of nitrogens with one attached hydrogen (secondary N) is 1. The van der Waals surface area contributed by atoms with Gasteiger partial charge in [0.1, 0.15) is 0 Å². The number of morpholine rings is 1. The standard InChI is InChI=1S/C13H24N2O2.ClH/c1-2-12-5-3-4-7-15(12)13(16)9-11-10-17-8-6-14-11;/h11-12,14H,2-10H2,1H3;1H. The van der Waals surface area contributed by atoms with Crippen LogP contribution in [0.1, 0.15) is 39.0 Å². The van der Waals surface area contributed by atoms with Crippen LogP contribution in [0.5, 0.6) is 0 Å². The lowest BCUT2D eigenvalue weighted by Gasteiger charge is -2.36. The van der Waals surface area contributed by atoms with E-state index in [0.717, 1.165) is 32.5 Å². The van der Waals surface area contributed by atoms with E-state index in [9.17, 15) is 4.79 Å². The van der Waals surface area contributed by atoms with Crippen molar-refractivity contribution in [2.24, 2.45) is 0 Å². The summed E-state index contributed by atoms with van der Waals surface area (Å²) in [5.74, 6) is 0.305. The van der Waals surface area contributed by atoms with Crippen LogP contribution in [0.4, 0.5) is 0 Å². The summed E-state index contributed by atoms with van der Waals surface area (Å²) in [5, 5.41) is 3.35. The molecule has 0 aromatic carbocycles. The third-order valence-corrected chi connectivity index (χ3v) is 3.84. The predicted molar refractivity (Wildman–Crippen MR) is 74.1 cm³/mol. The second-order valence-corrected chi connectivity index (χ2v) is 5.08. The molecule has 2 aliphatic heterocycles. The number of nitrogens with zero attached hydrogens (tertiary/aromatic N) is 1. The second kappa shape index (κ2) is 7.97. The van der Waals surface area contributed by atoms with Gasteiger partial charge in [-0.25, -0.2) is 0 Å². The molecule has 1 N–H and O–H groups in total. The first kappa shape index (κ1) is 15.7. The van der Waals surface area contributed by atoms with E-state index in [-0.39, 0.29) is 18.4 Å². The Hall–Kier alpha value is -0.320. The smallest absolute Gasteiger partial charge is 0.224 e. The topological polar surface area (TPSA) is 41.6 Å². The summed E-state index contributed by atoms with van der Waals surface area (Å²) < 4.78 is 5.39. The molecule has 18 heavy (non-hydrogen) atoms. The molecule has 2 atom stereocenters. The number of piperidine rings is 1. The van der Waals surface area contributed by atoms with Crippen molar-refractivity contribution in [3.05, 3.63) is 0 Å². The van der Waals surface area contributed by atoms with Crippen molar-refractivity contribution < 1.29 is 9.53 Å². The Bertz CT molecular complexity index is 257. The SMILES string of the molecule is CCC1CCCCN1C(=O)CC1COCCN1.Cl. The lowest BCUT2D eigenvalue weighted by atomic mass is 9.99. The summed E-state index contributed by atoms with van der Waals surface area (Å²) >= 11 is 0. The number of ether oxygens (including phenoxy) is 1. The van der Waals surface area contributed by atoms with E-state index in [1.165, 1.54) is 12.8 Å². The van der Waals surface area contributed by atoms with Crippen molar-refractivity contribution in [2.75, 3.05) is 26.3 Å². The minimum absolute atomic E-state index is 0. The third kappa shape index (κ3) is 4.11. The minimum Gasteiger partial charge on any atom is -0.378 e. The van der Waals surface area contributed by atoms with Gasteiger partial charge < -0.3 is 15.0 Å². The van der Waals surface area contributed by atoms with Gasteiger partial charge in [-0.3, -0.25) is 4.79 Å². The molecule has 2 saturated heterocycles. The van der Waals surface area contributed by atoms with Gasteiger partial charge in [-0.15, -0.1) is 12.4 Å². The average Bonchev–Trinajstić information content (AvgIpc) is 2.40. The van der Waals surface area contributed by atoms with Crippen LogP contribution < -0.4 is 5.32 Å². The van der Waals surface area contributed by atoms with Crippen molar-refractivity contribution >= 4 is 18.3 Å². The van der Waals surface area contributed by atoms with E-state index in [1.807, 2.05) is 0 Å². The molecular weight excluding hydrogens is 252 g/mol. The number of hydrogen-bond acceptors (Lipinski definition) is 3. The van der Waals surface area contributed by atoms with Crippen LogP contribution in [0.15, 0.2) is 0 Å². The number of likely N-dealkylation sites (tertiary alicyclic amines) is 1. The van der Waals surface area contributed by atoms with Gasteiger partial charge in [0.05, 0.1) is 13.2 Å². The van der Waals surface area contributed by atoms with Crippen LogP contribution in [0.3, 0.4) is 0 Å². The molecule has 0 aliphatic carbocycles. The van der Waals surface area contributed by atoms with Crippen molar-refractivity contribution in [2.45, 2.75) is 51.1 Å². The molecule has 2 aliphatic rings. The lowest BCUT2D eigenvalue weighted by Crippen LogP contribution is -2.48. The van der Waals surface area contributed by atoms with E-state index < -0.39 is 0 Å². The highest BCUT2D eigenvalue weighted by atomic mass is 35.5. The Morgan fingerprint density at radius 3 is 2.94 bits per heavy atom. The molecule has 0 saturated carbocycles. The van der Waals surface area contributed by atoms with Crippen molar-refractivity contribution in [3.63, 3.8) is 0 Å². The number of amides is 1. The van der Waals surface area contributed by atoms with E-state index in [4.69, 9.17) is 4.74 Å². The van der Waals surface area contributed by atoms with Crippen molar-refractivity contribution in [3.8, 4) is 0 Å². The summed E-state index contributed by atoms with van der Waals surface area (Å²) in [4.78, 5) is 14.4. The predicted octanol–water partition coefficient (Wildman–Crippen LogP) is 1.58. The van der Waals surface area contributed by atoms with Gasteiger partial charge in [-0.05, 0) is 25.7 Å². The maximum atomic E-state index is 12.3. The molecule has 1 amide bonds. The normalized spacial score (nSPS) is 28.6. The van der Waals surface area contributed by atoms with Crippen LogP contribution in [-0.4, -0.2) is 49.2 Å². The number of carbonyl (C=O) groups is 1. The molecule has 0 aromatic rings. The number of rotatable bonds is 3. The van der Waals surface area contributed by atoms with Gasteiger partial charge >= 0.3 is 0 Å². The zero-order valence-corrected chi connectivity index (χ0v) is 12.0. The first-order valence-corrected chi connectivity index (χ1v) is 6.92. The molecule has 4 nitrogen and oxygen atoms in total. The number of carbonyl (C=O) groups excluding carboxylic acids is 1. The van der Waals surface area contributed by atoms with Crippen LogP contribution in [0, 0.1) is 0 Å². The first-order chi connectivity index (χ1) is 8.31. The molecule has 2 unspecified atom stereocenters. The van der Waals surface area contributed by atoms with Crippen molar-refractivity contribution in [1.29, 1.82) is 0 Å². The fourth-order valence-electron chi connectivity index (χ4n) is 2.83. The Labute approximate surface area is 116 Å². The summed E-state index contributed by atoms with van der Waals surface area (Å²) in [6.45, 7) is 5.45. The van der Waals surface area contributed by atoms with Crippen LogP contribution >= 0.6 is 12.4 Å². The molecule has 2 heterocycles. The molecule has 0 spiro atoms. The van der Waals surface area contributed by atoms with Crippen LogP contribution in [0.25, 0.3) is 0 Å². The zero-order valence-electron chi connectivity index (χ0n) is 11.2. The molecule has 2 fully saturated rings. The Balaban J connectivity index is 0.00000162. The van der Waals surface area contributed by atoms with Crippen LogP contribution in [-0.2, 0) is 9.53 Å². The fraction of sp³-hybridized carbons (Fsp3) is 0.923. The Kier molecular flexibility index (Phi) is 6.97. The van der Waals surface area contributed by atoms with E-state index >= 15 is 0 Å². The quantitative estimate of drug-likeness (QED) is 0.851. The Morgan fingerprint density at radius 2 is 2.28 bits per heavy atom. The van der Waals surface area contributed by atoms with Gasteiger partial charge in [-0.2, -0.15) is 0 Å². The van der Waals surface area contributed by atoms with E-state index in [0.29, 0.717) is 25.0 Å².